The standard InChI is InChI=1S/C17H17N3O3S/c1-11-3-2-4-14-15(11)19-17(24-14)22-12-6-9-20(10-7-12)16(21)13-5-8-18-23-13/h2-5,8,12H,6-7,9-10H2,1H3. The molecule has 0 aliphatic carbocycles. The third-order valence-electron chi connectivity index (χ3n) is 4.25. The molecule has 0 radical (unpaired) electrons. The number of hydrogen-bond donors (Lipinski definition) is 0. The number of carbonyl (C=O) groups is 1. The van der Waals surface area contributed by atoms with E-state index in [9.17, 15) is 4.79 Å². The SMILES string of the molecule is Cc1cccc2sc(OC3CCN(C(=O)c4ccno4)CC3)nc12. The van der Waals surface area contributed by atoms with Gasteiger partial charge in [0.2, 0.25) is 5.76 Å². The van der Waals surface area contributed by atoms with Crippen molar-refractivity contribution in [2.24, 2.45) is 0 Å². The fourth-order valence-electron chi connectivity index (χ4n) is 2.92. The average Bonchev–Trinajstić information content (AvgIpc) is 3.25. The highest BCUT2D eigenvalue weighted by Crippen LogP contribution is 2.31. The summed E-state index contributed by atoms with van der Waals surface area (Å²) in [6.45, 7) is 3.35. The van der Waals surface area contributed by atoms with Gasteiger partial charge in [-0.05, 0) is 18.6 Å². The lowest BCUT2D eigenvalue weighted by Crippen LogP contribution is -2.41. The molecule has 1 aliphatic heterocycles. The summed E-state index contributed by atoms with van der Waals surface area (Å²) in [7, 11) is 0. The van der Waals surface area contributed by atoms with E-state index < -0.39 is 0 Å². The first-order valence-corrected chi connectivity index (χ1v) is 8.75. The molecule has 1 aromatic carbocycles. The van der Waals surface area contributed by atoms with Gasteiger partial charge in [-0.15, -0.1) is 0 Å². The van der Waals surface area contributed by atoms with Crippen LogP contribution in [0, 0.1) is 6.92 Å². The maximum atomic E-state index is 12.2. The molecule has 0 saturated carbocycles. The van der Waals surface area contributed by atoms with Crippen LogP contribution in [-0.4, -0.2) is 40.1 Å². The second kappa shape index (κ2) is 6.24. The largest absolute Gasteiger partial charge is 0.467 e. The molecule has 1 fully saturated rings. The summed E-state index contributed by atoms with van der Waals surface area (Å²) in [6.07, 6.45) is 3.14. The first-order valence-electron chi connectivity index (χ1n) is 7.93. The molecule has 0 bridgehead atoms. The number of carbonyl (C=O) groups excluding carboxylic acids is 1. The summed E-state index contributed by atoms with van der Waals surface area (Å²) in [6, 6.07) is 7.74. The maximum absolute atomic E-state index is 12.2. The number of rotatable bonds is 3. The Morgan fingerprint density at radius 2 is 2.17 bits per heavy atom. The summed E-state index contributed by atoms with van der Waals surface area (Å²) in [5.74, 6) is 0.178. The van der Waals surface area contributed by atoms with Crippen molar-refractivity contribution in [3.63, 3.8) is 0 Å². The van der Waals surface area contributed by atoms with E-state index in [1.54, 1.807) is 22.3 Å². The van der Waals surface area contributed by atoms with Crippen LogP contribution in [0.2, 0.25) is 0 Å². The summed E-state index contributed by atoms with van der Waals surface area (Å²) < 4.78 is 12.1. The molecule has 3 aromatic rings. The van der Waals surface area contributed by atoms with Crippen LogP contribution in [0.3, 0.4) is 0 Å². The molecule has 0 unspecified atom stereocenters. The Labute approximate surface area is 143 Å². The topological polar surface area (TPSA) is 68.5 Å². The van der Waals surface area contributed by atoms with Crippen LogP contribution in [0.25, 0.3) is 10.2 Å². The van der Waals surface area contributed by atoms with Gasteiger partial charge in [-0.25, -0.2) is 4.98 Å². The van der Waals surface area contributed by atoms with Crippen molar-refractivity contribution in [1.29, 1.82) is 0 Å². The first-order chi connectivity index (χ1) is 11.7. The minimum atomic E-state index is -0.110. The molecule has 2 aromatic heterocycles. The number of fused-ring (bicyclic) bond motifs is 1. The van der Waals surface area contributed by atoms with Gasteiger partial charge in [-0.1, -0.05) is 28.6 Å². The molecule has 6 nitrogen and oxygen atoms in total. The summed E-state index contributed by atoms with van der Waals surface area (Å²) in [5, 5.41) is 4.29. The van der Waals surface area contributed by atoms with Gasteiger partial charge in [0, 0.05) is 32.0 Å². The van der Waals surface area contributed by atoms with Crippen molar-refractivity contribution in [1.82, 2.24) is 15.0 Å². The third-order valence-corrected chi connectivity index (χ3v) is 5.16. The molecule has 0 spiro atoms. The highest BCUT2D eigenvalue weighted by molar-refractivity contribution is 7.20. The number of hydrogen-bond acceptors (Lipinski definition) is 6. The second-order valence-corrected chi connectivity index (χ2v) is 6.88. The van der Waals surface area contributed by atoms with Crippen molar-refractivity contribution >= 4 is 27.5 Å². The van der Waals surface area contributed by atoms with E-state index >= 15 is 0 Å². The number of nitrogens with zero attached hydrogens (tertiary/aromatic N) is 3. The van der Waals surface area contributed by atoms with Gasteiger partial charge in [0.25, 0.3) is 11.1 Å². The Bertz CT molecular complexity index is 851. The van der Waals surface area contributed by atoms with E-state index in [0.29, 0.717) is 18.3 Å². The van der Waals surface area contributed by atoms with Gasteiger partial charge in [-0.2, -0.15) is 0 Å². The first kappa shape index (κ1) is 15.1. The molecule has 24 heavy (non-hydrogen) atoms. The van der Waals surface area contributed by atoms with Crippen molar-refractivity contribution in [3.05, 3.63) is 41.8 Å². The predicted molar refractivity (Wildman–Crippen MR) is 90.4 cm³/mol. The number of aryl methyl sites for hydroxylation is 1. The van der Waals surface area contributed by atoms with E-state index in [4.69, 9.17) is 9.26 Å². The Morgan fingerprint density at radius 3 is 2.88 bits per heavy atom. The monoisotopic (exact) mass is 343 g/mol. The second-order valence-electron chi connectivity index (χ2n) is 5.89. The molecule has 0 N–H and O–H groups in total. The van der Waals surface area contributed by atoms with Gasteiger partial charge in [-0.3, -0.25) is 4.79 Å². The fraction of sp³-hybridized carbons (Fsp3) is 0.353. The lowest BCUT2D eigenvalue weighted by molar-refractivity contribution is 0.0558. The number of piperidine rings is 1. The van der Waals surface area contributed by atoms with Crippen molar-refractivity contribution < 1.29 is 14.1 Å². The summed E-state index contributed by atoms with van der Waals surface area (Å²) in [5.41, 5.74) is 2.17. The van der Waals surface area contributed by atoms with Crippen molar-refractivity contribution in [3.8, 4) is 5.19 Å². The van der Waals surface area contributed by atoms with Gasteiger partial charge < -0.3 is 14.2 Å². The lowest BCUT2D eigenvalue weighted by Gasteiger charge is -2.30. The van der Waals surface area contributed by atoms with Crippen LogP contribution in [0.5, 0.6) is 5.19 Å². The number of aromatic nitrogens is 2. The maximum Gasteiger partial charge on any atom is 0.292 e. The van der Waals surface area contributed by atoms with Gasteiger partial charge in [0.1, 0.15) is 6.10 Å². The molecule has 0 atom stereocenters. The van der Waals surface area contributed by atoms with Crippen molar-refractivity contribution in [2.75, 3.05) is 13.1 Å². The molecule has 3 heterocycles. The molecule has 124 valence electrons. The Morgan fingerprint density at radius 1 is 1.33 bits per heavy atom. The van der Waals surface area contributed by atoms with Crippen LogP contribution in [-0.2, 0) is 0 Å². The zero-order chi connectivity index (χ0) is 16.5. The normalized spacial score (nSPS) is 15.8. The highest BCUT2D eigenvalue weighted by Gasteiger charge is 2.27. The highest BCUT2D eigenvalue weighted by atomic mass is 32.1. The number of thiazole rings is 1. The Balaban J connectivity index is 1.39. The van der Waals surface area contributed by atoms with Crippen LogP contribution in [0.15, 0.2) is 35.0 Å². The van der Waals surface area contributed by atoms with Gasteiger partial charge in [0.05, 0.1) is 16.4 Å². The number of para-hydroxylation sites is 1. The lowest BCUT2D eigenvalue weighted by atomic mass is 10.1. The molecule has 7 heteroatoms. The molecule has 1 aliphatic rings. The fourth-order valence-corrected chi connectivity index (χ4v) is 3.88. The number of amides is 1. The number of ether oxygens (including phenoxy) is 1. The number of likely N-dealkylation sites (tertiary alicyclic amines) is 1. The average molecular weight is 343 g/mol. The minimum absolute atomic E-state index is 0.0876. The van der Waals surface area contributed by atoms with Crippen molar-refractivity contribution in [2.45, 2.75) is 25.9 Å². The van der Waals surface area contributed by atoms with E-state index in [1.807, 2.05) is 6.07 Å². The number of benzene rings is 1. The molecular formula is C17H17N3O3S. The zero-order valence-electron chi connectivity index (χ0n) is 13.3. The smallest absolute Gasteiger partial charge is 0.292 e. The van der Waals surface area contributed by atoms with E-state index in [-0.39, 0.29) is 17.8 Å². The minimum Gasteiger partial charge on any atom is -0.467 e. The quantitative estimate of drug-likeness (QED) is 0.730. The zero-order valence-corrected chi connectivity index (χ0v) is 14.1. The van der Waals surface area contributed by atoms with Crippen LogP contribution >= 0.6 is 11.3 Å². The molecule has 1 saturated heterocycles. The van der Waals surface area contributed by atoms with E-state index in [1.165, 1.54) is 6.20 Å². The third kappa shape index (κ3) is 2.87. The van der Waals surface area contributed by atoms with Gasteiger partial charge in [0.15, 0.2) is 0 Å². The predicted octanol–water partition coefficient (Wildman–Crippen LogP) is 3.28. The molecular weight excluding hydrogens is 326 g/mol. The molecule has 1 amide bonds. The van der Waals surface area contributed by atoms with E-state index in [2.05, 4.69) is 29.2 Å². The van der Waals surface area contributed by atoms with Gasteiger partial charge >= 0.3 is 0 Å². The van der Waals surface area contributed by atoms with Crippen LogP contribution in [0.1, 0.15) is 29.0 Å². The van der Waals surface area contributed by atoms with Crippen LogP contribution < -0.4 is 4.74 Å². The van der Waals surface area contributed by atoms with E-state index in [0.717, 1.165) is 28.6 Å². The Hall–Kier alpha value is -2.41. The molecule has 4 rings (SSSR count). The van der Waals surface area contributed by atoms with Crippen LogP contribution in [0.4, 0.5) is 0 Å². The summed E-state index contributed by atoms with van der Waals surface area (Å²) in [4.78, 5) is 18.6. The summed E-state index contributed by atoms with van der Waals surface area (Å²) >= 11 is 1.57. The Kier molecular flexibility index (Phi) is 3.93.